The Hall–Kier alpha value is -2.10. The monoisotopic (exact) mass is 388 g/mol. The lowest BCUT2D eigenvalue weighted by Gasteiger charge is -2.36. The maximum absolute atomic E-state index is 11.7. The molecule has 1 unspecified atom stereocenters. The van der Waals surface area contributed by atoms with Crippen LogP contribution in [0.2, 0.25) is 0 Å². The topological polar surface area (TPSA) is 52.6 Å². The second-order valence-electron chi connectivity index (χ2n) is 8.21. The van der Waals surface area contributed by atoms with Crippen LogP contribution in [0.5, 0.6) is 0 Å². The van der Waals surface area contributed by atoms with Gasteiger partial charge in [0.05, 0.1) is 6.61 Å². The van der Waals surface area contributed by atoms with Crippen LogP contribution in [0.1, 0.15) is 74.1 Å². The molecule has 0 aromatic heterocycles. The van der Waals surface area contributed by atoms with Gasteiger partial charge in [0, 0.05) is 19.4 Å². The Labute approximate surface area is 170 Å². The minimum atomic E-state index is -0.343. The molecule has 0 aliphatic heterocycles. The van der Waals surface area contributed by atoms with Gasteiger partial charge in [-0.25, -0.2) is 4.79 Å². The Kier molecular flexibility index (Phi) is 9.44. The first-order valence-electron chi connectivity index (χ1n) is 10.1. The van der Waals surface area contributed by atoms with Crippen molar-refractivity contribution in [3.8, 4) is 0 Å². The van der Waals surface area contributed by atoms with E-state index in [0.717, 1.165) is 30.4 Å². The average molecular weight is 389 g/mol. The lowest BCUT2D eigenvalue weighted by atomic mass is 9.70. The molecule has 0 bridgehead atoms. The maximum Gasteiger partial charge on any atom is 0.330 e. The molecule has 0 saturated heterocycles. The van der Waals surface area contributed by atoms with Crippen LogP contribution in [-0.2, 0) is 19.1 Å². The number of carbonyl (C=O) groups excluding carboxylic acids is 2. The molecule has 156 valence electrons. The van der Waals surface area contributed by atoms with Gasteiger partial charge >= 0.3 is 11.9 Å². The number of carbonyl (C=O) groups is 2. The van der Waals surface area contributed by atoms with E-state index in [1.807, 2.05) is 32.1 Å². The van der Waals surface area contributed by atoms with E-state index in [0.29, 0.717) is 6.61 Å². The highest BCUT2D eigenvalue weighted by atomic mass is 16.5. The number of allylic oxidation sites excluding steroid dienone is 5. The van der Waals surface area contributed by atoms with E-state index in [4.69, 9.17) is 9.47 Å². The quantitative estimate of drug-likeness (QED) is 0.227. The smallest absolute Gasteiger partial charge is 0.330 e. The first kappa shape index (κ1) is 23.9. The fraction of sp³-hybridized carbons (Fsp3) is 0.583. The van der Waals surface area contributed by atoms with E-state index >= 15 is 0 Å². The summed E-state index contributed by atoms with van der Waals surface area (Å²) in [5.74, 6) is -0.614. The van der Waals surface area contributed by atoms with E-state index in [1.165, 1.54) is 30.6 Å². The van der Waals surface area contributed by atoms with Crippen LogP contribution >= 0.6 is 0 Å². The van der Waals surface area contributed by atoms with Crippen LogP contribution in [0.15, 0.2) is 46.6 Å². The third-order valence-corrected chi connectivity index (χ3v) is 5.24. The third kappa shape index (κ3) is 7.87. The predicted molar refractivity (Wildman–Crippen MR) is 114 cm³/mol. The summed E-state index contributed by atoms with van der Waals surface area (Å²) in [5.41, 5.74) is 4.75. The van der Waals surface area contributed by atoms with E-state index in [9.17, 15) is 9.59 Å². The van der Waals surface area contributed by atoms with E-state index < -0.39 is 0 Å². The molecule has 0 amide bonds. The number of esters is 2. The predicted octanol–water partition coefficient (Wildman–Crippen LogP) is 5.85. The van der Waals surface area contributed by atoms with Gasteiger partial charge in [0.25, 0.3) is 0 Å². The minimum absolute atomic E-state index is 0.135. The number of ether oxygens (including phenoxy) is 2. The normalized spacial score (nSPS) is 19.0. The average Bonchev–Trinajstić information content (AvgIpc) is 2.56. The summed E-state index contributed by atoms with van der Waals surface area (Å²) in [6.07, 6.45) is 11.1. The zero-order valence-corrected chi connectivity index (χ0v) is 18.6. The van der Waals surface area contributed by atoms with Crippen molar-refractivity contribution in [1.29, 1.82) is 0 Å². The summed E-state index contributed by atoms with van der Waals surface area (Å²) < 4.78 is 10.6. The molecule has 0 heterocycles. The second kappa shape index (κ2) is 11.0. The standard InChI is InChI=1S/C24H36O4/c1-8-27-23(26)15-17(2)11-9-12-19(4)22(28-20(5)25)16-21-18(3)13-10-14-24(21,6)7/h9,11-12,15,22H,8,10,13-14,16H2,1-7H3. The number of hydrogen-bond acceptors (Lipinski definition) is 4. The first-order chi connectivity index (χ1) is 13.1. The van der Waals surface area contributed by atoms with Gasteiger partial charge in [-0.2, -0.15) is 0 Å². The zero-order valence-electron chi connectivity index (χ0n) is 18.6. The molecule has 1 atom stereocenters. The van der Waals surface area contributed by atoms with Crippen molar-refractivity contribution in [2.75, 3.05) is 6.61 Å². The maximum atomic E-state index is 11.7. The van der Waals surface area contributed by atoms with Crippen molar-refractivity contribution < 1.29 is 19.1 Å². The van der Waals surface area contributed by atoms with Crippen molar-refractivity contribution in [2.45, 2.75) is 80.3 Å². The molecular weight excluding hydrogens is 352 g/mol. The highest BCUT2D eigenvalue weighted by molar-refractivity contribution is 5.83. The lowest BCUT2D eigenvalue weighted by molar-refractivity contribution is -0.144. The highest BCUT2D eigenvalue weighted by Gasteiger charge is 2.31. The summed E-state index contributed by atoms with van der Waals surface area (Å²) in [7, 11) is 0. The molecule has 0 spiro atoms. The fourth-order valence-corrected chi connectivity index (χ4v) is 3.68. The van der Waals surface area contributed by atoms with E-state index in [1.54, 1.807) is 6.92 Å². The Morgan fingerprint density at radius 1 is 1.21 bits per heavy atom. The molecule has 0 aromatic carbocycles. The molecule has 1 aliphatic carbocycles. The molecular formula is C24H36O4. The fourth-order valence-electron chi connectivity index (χ4n) is 3.68. The van der Waals surface area contributed by atoms with Crippen LogP contribution in [0.3, 0.4) is 0 Å². The van der Waals surface area contributed by atoms with Crippen molar-refractivity contribution >= 4 is 11.9 Å². The Bertz CT molecular complexity index is 689. The van der Waals surface area contributed by atoms with Gasteiger partial charge in [-0.15, -0.1) is 0 Å². The van der Waals surface area contributed by atoms with Gasteiger partial charge < -0.3 is 9.47 Å². The molecule has 4 nitrogen and oxygen atoms in total. The molecule has 0 fully saturated rings. The minimum Gasteiger partial charge on any atom is -0.463 e. The van der Waals surface area contributed by atoms with E-state index in [2.05, 4.69) is 20.8 Å². The van der Waals surface area contributed by atoms with Gasteiger partial charge in [-0.3, -0.25) is 4.79 Å². The van der Waals surface area contributed by atoms with Gasteiger partial charge in [-0.1, -0.05) is 43.2 Å². The molecule has 0 saturated carbocycles. The summed E-state index contributed by atoms with van der Waals surface area (Å²) in [6, 6.07) is 0. The number of hydrogen-bond donors (Lipinski definition) is 0. The summed E-state index contributed by atoms with van der Waals surface area (Å²) in [4.78, 5) is 23.1. The molecule has 0 radical (unpaired) electrons. The highest BCUT2D eigenvalue weighted by Crippen LogP contribution is 2.43. The molecule has 1 aliphatic rings. The van der Waals surface area contributed by atoms with Crippen molar-refractivity contribution in [3.63, 3.8) is 0 Å². The third-order valence-electron chi connectivity index (χ3n) is 5.24. The first-order valence-corrected chi connectivity index (χ1v) is 10.1. The van der Waals surface area contributed by atoms with E-state index in [-0.39, 0.29) is 23.5 Å². The van der Waals surface area contributed by atoms with Gasteiger partial charge in [0.2, 0.25) is 0 Å². The van der Waals surface area contributed by atoms with Gasteiger partial charge in [0.1, 0.15) is 6.10 Å². The van der Waals surface area contributed by atoms with Crippen molar-refractivity contribution in [3.05, 3.63) is 46.6 Å². The largest absolute Gasteiger partial charge is 0.463 e. The lowest BCUT2D eigenvalue weighted by Crippen LogP contribution is -2.26. The van der Waals surface area contributed by atoms with Crippen LogP contribution in [0.4, 0.5) is 0 Å². The van der Waals surface area contributed by atoms with Gasteiger partial charge in [-0.05, 0) is 63.5 Å². The second-order valence-corrected chi connectivity index (χ2v) is 8.21. The summed E-state index contributed by atoms with van der Waals surface area (Å²) >= 11 is 0. The Balaban J connectivity index is 2.97. The molecule has 28 heavy (non-hydrogen) atoms. The van der Waals surface area contributed by atoms with Crippen LogP contribution in [0.25, 0.3) is 0 Å². The molecule has 0 aromatic rings. The Morgan fingerprint density at radius 2 is 1.89 bits per heavy atom. The SMILES string of the molecule is CCOC(=O)C=C(C)C=CC=C(C)C(CC1=C(C)CCCC1(C)C)OC(C)=O. The molecule has 1 rings (SSSR count). The van der Waals surface area contributed by atoms with Gasteiger partial charge in [0.15, 0.2) is 0 Å². The Morgan fingerprint density at radius 3 is 2.46 bits per heavy atom. The summed E-state index contributed by atoms with van der Waals surface area (Å²) in [5, 5.41) is 0. The van der Waals surface area contributed by atoms with Crippen molar-refractivity contribution in [1.82, 2.24) is 0 Å². The van der Waals surface area contributed by atoms with Crippen molar-refractivity contribution in [2.24, 2.45) is 5.41 Å². The van der Waals surface area contributed by atoms with Crippen LogP contribution in [0, 0.1) is 5.41 Å². The summed E-state index contributed by atoms with van der Waals surface area (Å²) in [6.45, 7) is 14.2. The van der Waals surface area contributed by atoms with Crippen LogP contribution in [-0.4, -0.2) is 24.6 Å². The molecule has 4 heteroatoms. The molecule has 0 N–H and O–H groups in total. The zero-order chi connectivity index (χ0) is 21.3. The number of rotatable bonds is 8. The van der Waals surface area contributed by atoms with Crippen LogP contribution < -0.4 is 0 Å².